The van der Waals surface area contributed by atoms with E-state index in [1.807, 2.05) is 18.2 Å². The molecule has 4 heteroatoms. The summed E-state index contributed by atoms with van der Waals surface area (Å²) in [7, 11) is 0. The smallest absolute Gasteiger partial charge is 0.247 e. The number of piperidine rings is 1. The second kappa shape index (κ2) is 6.36. The van der Waals surface area contributed by atoms with E-state index in [4.69, 9.17) is 0 Å². The molecular formula is C13H17F2NS. The van der Waals surface area contributed by atoms with Gasteiger partial charge < -0.3 is 5.32 Å². The van der Waals surface area contributed by atoms with E-state index < -0.39 is 6.43 Å². The molecule has 1 unspecified atom stereocenters. The first-order chi connectivity index (χ1) is 8.27. The van der Waals surface area contributed by atoms with Crippen molar-refractivity contribution in [1.82, 2.24) is 5.32 Å². The minimum absolute atomic E-state index is 0.114. The quantitative estimate of drug-likeness (QED) is 0.828. The van der Waals surface area contributed by atoms with E-state index in [0.29, 0.717) is 5.92 Å². The van der Waals surface area contributed by atoms with Gasteiger partial charge in [0.15, 0.2) is 0 Å². The molecule has 1 N–H and O–H groups in total. The second-order valence-corrected chi connectivity index (χ2v) is 5.35. The van der Waals surface area contributed by atoms with Gasteiger partial charge >= 0.3 is 0 Å². The van der Waals surface area contributed by atoms with E-state index in [0.717, 1.165) is 24.4 Å². The van der Waals surface area contributed by atoms with Crippen LogP contribution in [0.25, 0.3) is 0 Å². The van der Waals surface area contributed by atoms with Gasteiger partial charge in [0.1, 0.15) is 0 Å². The van der Waals surface area contributed by atoms with Crippen LogP contribution < -0.4 is 5.32 Å². The van der Waals surface area contributed by atoms with Gasteiger partial charge in [-0.15, -0.1) is 11.8 Å². The summed E-state index contributed by atoms with van der Waals surface area (Å²) >= 11 is 1.27. The molecule has 1 aliphatic rings. The molecule has 1 heterocycles. The third-order valence-electron chi connectivity index (χ3n) is 3.02. The highest BCUT2D eigenvalue weighted by atomic mass is 32.2. The molecule has 94 valence electrons. The first-order valence-corrected chi connectivity index (χ1v) is 6.96. The molecule has 1 saturated heterocycles. The number of thioether (sulfide) groups is 1. The van der Waals surface area contributed by atoms with Gasteiger partial charge in [-0.3, -0.25) is 0 Å². The zero-order valence-electron chi connectivity index (χ0n) is 9.66. The first kappa shape index (κ1) is 12.8. The Hall–Kier alpha value is -0.610. The van der Waals surface area contributed by atoms with Gasteiger partial charge in [0.25, 0.3) is 0 Å². The highest BCUT2D eigenvalue weighted by Crippen LogP contribution is 2.32. The largest absolute Gasteiger partial charge is 0.316 e. The normalized spacial score (nSPS) is 20.8. The molecule has 2 rings (SSSR count). The Bertz CT molecular complexity index is 351. The van der Waals surface area contributed by atoms with Crippen LogP contribution >= 0.6 is 11.8 Å². The van der Waals surface area contributed by atoms with Crippen LogP contribution in [0.3, 0.4) is 0 Å². The van der Waals surface area contributed by atoms with Crippen molar-refractivity contribution in [3.63, 3.8) is 0 Å². The summed E-state index contributed by atoms with van der Waals surface area (Å²) in [5, 5.41) is 3.37. The van der Waals surface area contributed by atoms with Crippen molar-refractivity contribution in [2.45, 2.75) is 30.1 Å². The average Bonchev–Trinajstić information content (AvgIpc) is 2.38. The van der Waals surface area contributed by atoms with Gasteiger partial charge in [0, 0.05) is 11.4 Å². The van der Waals surface area contributed by atoms with Crippen LogP contribution in [0, 0.1) is 0 Å². The van der Waals surface area contributed by atoms with E-state index in [2.05, 4.69) is 11.4 Å². The van der Waals surface area contributed by atoms with E-state index >= 15 is 0 Å². The summed E-state index contributed by atoms with van der Waals surface area (Å²) in [4.78, 5) is 1.02. The second-order valence-electron chi connectivity index (χ2n) is 4.28. The third-order valence-corrected chi connectivity index (χ3v) is 4.12. The maximum absolute atomic E-state index is 12.3. The Balaban J connectivity index is 2.09. The zero-order chi connectivity index (χ0) is 12.1. The number of hydrogen-bond acceptors (Lipinski definition) is 2. The van der Waals surface area contributed by atoms with Crippen LogP contribution in [-0.2, 0) is 0 Å². The zero-order valence-corrected chi connectivity index (χ0v) is 10.5. The lowest BCUT2D eigenvalue weighted by Crippen LogP contribution is -2.28. The summed E-state index contributed by atoms with van der Waals surface area (Å²) in [5.41, 5.74) is 1.23. The molecule has 1 aromatic carbocycles. The standard InChI is InChI=1S/C13H17F2NS/c14-13(15)9-17-12-6-2-1-5-11(12)10-4-3-7-16-8-10/h1-2,5-6,10,13,16H,3-4,7-9H2. The molecule has 0 aromatic heterocycles. The van der Waals surface area contributed by atoms with Gasteiger partial charge in [-0.25, -0.2) is 8.78 Å². The Kier molecular flexibility index (Phi) is 4.80. The number of hydrogen-bond donors (Lipinski definition) is 1. The lowest BCUT2D eigenvalue weighted by Gasteiger charge is -2.25. The van der Waals surface area contributed by atoms with Crippen molar-refractivity contribution in [1.29, 1.82) is 0 Å². The monoisotopic (exact) mass is 257 g/mol. The average molecular weight is 257 g/mol. The van der Waals surface area contributed by atoms with Crippen molar-refractivity contribution in [2.24, 2.45) is 0 Å². The van der Waals surface area contributed by atoms with E-state index in [1.54, 1.807) is 0 Å². The van der Waals surface area contributed by atoms with Crippen LogP contribution in [0.4, 0.5) is 8.78 Å². The topological polar surface area (TPSA) is 12.0 Å². The highest BCUT2D eigenvalue weighted by Gasteiger charge is 2.18. The fourth-order valence-corrected chi connectivity index (χ4v) is 3.10. The third kappa shape index (κ3) is 3.68. The summed E-state index contributed by atoms with van der Waals surface area (Å²) < 4.78 is 24.5. The predicted molar refractivity (Wildman–Crippen MR) is 68.0 cm³/mol. The molecule has 1 atom stereocenters. The van der Waals surface area contributed by atoms with Gasteiger partial charge in [-0.1, -0.05) is 18.2 Å². The van der Waals surface area contributed by atoms with Crippen LogP contribution in [0.15, 0.2) is 29.2 Å². The molecule has 0 radical (unpaired) electrons. The van der Waals surface area contributed by atoms with Gasteiger partial charge in [0.05, 0.1) is 5.75 Å². The molecule has 0 saturated carbocycles. The summed E-state index contributed by atoms with van der Waals surface area (Å²) in [5.74, 6) is 0.363. The SMILES string of the molecule is FC(F)CSc1ccccc1C1CCCNC1. The molecule has 1 fully saturated rings. The molecule has 0 amide bonds. The minimum atomic E-state index is -2.24. The summed E-state index contributed by atoms with van der Waals surface area (Å²) in [6, 6.07) is 7.95. The van der Waals surface area contributed by atoms with Gasteiger partial charge in [-0.2, -0.15) is 0 Å². The van der Waals surface area contributed by atoms with Crippen molar-refractivity contribution in [2.75, 3.05) is 18.8 Å². The minimum Gasteiger partial charge on any atom is -0.316 e. The molecule has 0 bridgehead atoms. The van der Waals surface area contributed by atoms with Gasteiger partial charge in [0.2, 0.25) is 6.43 Å². The van der Waals surface area contributed by atoms with E-state index in [9.17, 15) is 8.78 Å². The van der Waals surface area contributed by atoms with Crippen molar-refractivity contribution >= 4 is 11.8 Å². The van der Waals surface area contributed by atoms with Crippen molar-refractivity contribution in [3.8, 4) is 0 Å². The molecule has 1 aromatic rings. The molecule has 0 aliphatic carbocycles. The van der Waals surface area contributed by atoms with E-state index in [1.165, 1.54) is 23.7 Å². The summed E-state index contributed by atoms with van der Waals surface area (Å²) in [6.45, 7) is 2.04. The van der Waals surface area contributed by atoms with Crippen LogP contribution in [-0.4, -0.2) is 25.3 Å². The van der Waals surface area contributed by atoms with Crippen LogP contribution in [0.5, 0.6) is 0 Å². The molecule has 1 aliphatic heterocycles. The molecular weight excluding hydrogens is 240 g/mol. The summed E-state index contributed by atoms with van der Waals surface area (Å²) in [6.07, 6.45) is 0.0788. The number of halogens is 2. The molecule has 0 spiro atoms. The lowest BCUT2D eigenvalue weighted by molar-refractivity contribution is 0.177. The lowest BCUT2D eigenvalue weighted by atomic mass is 9.92. The van der Waals surface area contributed by atoms with Crippen LogP contribution in [0.1, 0.15) is 24.3 Å². The Morgan fingerprint density at radius 3 is 2.88 bits per heavy atom. The van der Waals surface area contributed by atoms with Crippen molar-refractivity contribution in [3.05, 3.63) is 29.8 Å². The predicted octanol–water partition coefficient (Wildman–Crippen LogP) is 3.51. The molecule has 17 heavy (non-hydrogen) atoms. The number of rotatable bonds is 4. The first-order valence-electron chi connectivity index (χ1n) is 5.98. The Labute approximate surface area is 105 Å². The maximum atomic E-state index is 12.3. The number of benzene rings is 1. The van der Waals surface area contributed by atoms with E-state index in [-0.39, 0.29) is 5.75 Å². The maximum Gasteiger partial charge on any atom is 0.247 e. The Morgan fingerprint density at radius 1 is 1.35 bits per heavy atom. The fourth-order valence-electron chi connectivity index (χ4n) is 2.22. The molecule has 1 nitrogen and oxygen atoms in total. The highest BCUT2D eigenvalue weighted by molar-refractivity contribution is 7.99. The number of nitrogens with one attached hydrogen (secondary N) is 1. The van der Waals surface area contributed by atoms with Crippen LogP contribution in [0.2, 0.25) is 0 Å². The fraction of sp³-hybridized carbons (Fsp3) is 0.538. The van der Waals surface area contributed by atoms with Crippen molar-refractivity contribution < 1.29 is 8.78 Å². The van der Waals surface area contributed by atoms with Gasteiger partial charge in [-0.05, 0) is 36.9 Å². The Morgan fingerprint density at radius 2 is 2.18 bits per heavy atom. The number of alkyl halides is 2.